The number of rotatable bonds is 5. The lowest BCUT2D eigenvalue weighted by Gasteiger charge is -2.07. The van der Waals surface area contributed by atoms with Gasteiger partial charge < -0.3 is 10.1 Å². The number of hydrogen-bond donors (Lipinski definition) is 1. The fourth-order valence-electron chi connectivity index (χ4n) is 1.04. The van der Waals surface area contributed by atoms with Gasteiger partial charge in [0.05, 0.1) is 12.3 Å². The second-order valence-electron chi connectivity index (χ2n) is 2.75. The van der Waals surface area contributed by atoms with Crippen molar-refractivity contribution in [1.29, 1.82) is 0 Å². The van der Waals surface area contributed by atoms with Crippen molar-refractivity contribution in [3.8, 4) is 0 Å². The van der Waals surface area contributed by atoms with E-state index in [1.165, 1.54) is 0 Å². The molecular formula is C10H13F2NO. The first-order chi connectivity index (χ1) is 6.74. The third-order valence-corrected chi connectivity index (χ3v) is 1.69. The highest BCUT2D eigenvalue weighted by Crippen LogP contribution is 2.14. The molecule has 14 heavy (non-hydrogen) atoms. The van der Waals surface area contributed by atoms with Crippen LogP contribution in [0.15, 0.2) is 18.2 Å². The lowest BCUT2D eigenvalue weighted by Crippen LogP contribution is -2.10. The first-order valence-electron chi connectivity index (χ1n) is 4.50. The number of anilines is 1. The van der Waals surface area contributed by atoms with Gasteiger partial charge in [-0.15, -0.1) is 0 Å². The largest absolute Gasteiger partial charge is 0.380 e. The predicted molar refractivity (Wildman–Crippen MR) is 51.3 cm³/mol. The van der Waals surface area contributed by atoms with E-state index in [4.69, 9.17) is 4.74 Å². The van der Waals surface area contributed by atoms with Crippen molar-refractivity contribution in [2.75, 3.05) is 25.1 Å². The van der Waals surface area contributed by atoms with Crippen molar-refractivity contribution < 1.29 is 13.5 Å². The van der Waals surface area contributed by atoms with Gasteiger partial charge in [-0.1, -0.05) is 0 Å². The Morgan fingerprint density at radius 2 is 2.14 bits per heavy atom. The van der Waals surface area contributed by atoms with Crippen LogP contribution in [-0.4, -0.2) is 19.8 Å². The van der Waals surface area contributed by atoms with E-state index in [0.29, 0.717) is 19.8 Å². The summed E-state index contributed by atoms with van der Waals surface area (Å²) in [6.07, 6.45) is 0. The minimum Gasteiger partial charge on any atom is -0.380 e. The first-order valence-corrected chi connectivity index (χ1v) is 4.50. The van der Waals surface area contributed by atoms with Crippen molar-refractivity contribution in [3.05, 3.63) is 29.8 Å². The maximum Gasteiger partial charge on any atom is 0.146 e. The fourth-order valence-corrected chi connectivity index (χ4v) is 1.04. The van der Waals surface area contributed by atoms with Crippen LogP contribution in [0, 0.1) is 11.6 Å². The quantitative estimate of drug-likeness (QED) is 0.738. The Balaban J connectivity index is 2.45. The monoisotopic (exact) mass is 201 g/mol. The highest BCUT2D eigenvalue weighted by atomic mass is 19.1. The Kier molecular flexibility index (Phi) is 4.32. The van der Waals surface area contributed by atoms with E-state index in [1.807, 2.05) is 6.92 Å². The van der Waals surface area contributed by atoms with Crippen LogP contribution in [0.3, 0.4) is 0 Å². The molecule has 0 radical (unpaired) electrons. The third-order valence-electron chi connectivity index (χ3n) is 1.69. The summed E-state index contributed by atoms with van der Waals surface area (Å²) < 4.78 is 30.7. The van der Waals surface area contributed by atoms with Crippen molar-refractivity contribution >= 4 is 5.69 Å². The van der Waals surface area contributed by atoms with Crippen LogP contribution >= 0.6 is 0 Å². The normalized spacial score (nSPS) is 10.2. The highest BCUT2D eigenvalue weighted by molar-refractivity contribution is 5.44. The van der Waals surface area contributed by atoms with Gasteiger partial charge in [0.25, 0.3) is 0 Å². The van der Waals surface area contributed by atoms with E-state index in [-0.39, 0.29) is 5.69 Å². The van der Waals surface area contributed by atoms with Crippen LogP contribution in [-0.2, 0) is 4.74 Å². The van der Waals surface area contributed by atoms with E-state index in [0.717, 1.165) is 18.2 Å². The van der Waals surface area contributed by atoms with Crippen LogP contribution in [0.25, 0.3) is 0 Å². The maximum atomic E-state index is 13.0. The molecule has 78 valence electrons. The molecule has 0 aliphatic rings. The summed E-state index contributed by atoms with van der Waals surface area (Å²) in [6.45, 7) is 3.44. The Morgan fingerprint density at radius 3 is 2.86 bits per heavy atom. The molecule has 0 amide bonds. The second-order valence-corrected chi connectivity index (χ2v) is 2.75. The molecular weight excluding hydrogens is 188 g/mol. The Hall–Kier alpha value is -1.16. The Labute approximate surface area is 81.9 Å². The van der Waals surface area contributed by atoms with Gasteiger partial charge >= 0.3 is 0 Å². The molecule has 0 bridgehead atoms. The van der Waals surface area contributed by atoms with Crippen molar-refractivity contribution in [1.82, 2.24) is 0 Å². The summed E-state index contributed by atoms with van der Waals surface area (Å²) in [5, 5.41) is 2.75. The van der Waals surface area contributed by atoms with Gasteiger partial charge in [-0.25, -0.2) is 8.78 Å². The summed E-state index contributed by atoms with van der Waals surface area (Å²) in [5.41, 5.74) is 0.171. The summed E-state index contributed by atoms with van der Waals surface area (Å²) >= 11 is 0. The zero-order valence-electron chi connectivity index (χ0n) is 8.02. The van der Waals surface area contributed by atoms with Crippen molar-refractivity contribution in [2.24, 2.45) is 0 Å². The smallest absolute Gasteiger partial charge is 0.146 e. The highest BCUT2D eigenvalue weighted by Gasteiger charge is 2.01. The summed E-state index contributed by atoms with van der Waals surface area (Å²) in [5.74, 6) is -0.909. The van der Waals surface area contributed by atoms with Gasteiger partial charge in [0.2, 0.25) is 0 Å². The average molecular weight is 201 g/mol. The van der Waals surface area contributed by atoms with Crippen LogP contribution < -0.4 is 5.32 Å². The Morgan fingerprint density at radius 1 is 1.36 bits per heavy atom. The molecule has 0 saturated carbocycles. The standard InChI is InChI=1S/C10H13F2NO/c1-2-14-6-5-13-10-7-8(11)3-4-9(10)12/h3-4,7,13H,2,5-6H2,1H3. The maximum absolute atomic E-state index is 13.0. The SMILES string of the molecule is CCOCCNc1cc(F)ccc1F. The number of hydrogen-bond acceptors (Lipinski definition) is 2. The van der Waals surface area contributed by atoms with E-state index >= 15 is 0 Å². The molecule has 0 aromatic heterocycles. The molecule has 4 heteroatoms. The van der Waals surface area contributed by atoms with E-state index in [9.17, 15) is 8.78 Å². The number of nitrogens with one attached hydrogen (secondary N) is 1. The van der Waals surface area contributed by atoms with Gasteiger partial charge in [-0.05, 0) is 25.1 Å². The molecule has 1 rings (SSSR count). The number of ether oxygens (including phenoxy) is 1. The van der Waals surface area contributed by atoms with Crippen LogP contribution in [0.1, 0.15) is 6.92 Å². The van der Waals surface area contributed by atoms with Crippen LogP contribution in [0.5, 0.6) is 0 Å². The van der Waals surface area contributed by atoms with Gasteiger partial charge in [-0.3, -0.25) is 0 Å². The third kappa shape index (κ3) is 3.30. The molecule has 0 atom stereocenters. The first kappa shape index (κ1) is 10.9. The zero-order chi connectivity index (χ0) is 10.4. The molecule has 0 aliphatic heterocycles. The van der Waals surface area contributed by atoms with Gasteiger partial charge in [0, 0.05) is 13.2 Å². The molecule has 0 saturated heterocycles. The van der Waals surface area contributed by atoms with Crippen LogP contribution in [0.4, 0.5) is 14.5 Å². The second kappa shape index (κ2) is 5.54. The summed E-state index contributed by atoms with van der Waals surface area (Å²) in [4.78, 5) is 0. The minimum absolute atomic E-state index is 0.171. The van der Waals surface area contributed by atoms with Gasteiger partial charge in [0.15, 0.2) is 0 Å². The van der Waals surface area contributed by atoms with Gasteiger partial charge in [0.1, 0.15) is 11.6 Å². The molecule has 2 nitrogen and oxygen atoms in total. The number of benzene rings is 1. The lowest BCUT2D eigenvalue weighted by atomic mass is 10.3. The minimum atomic E-state index is -0.456. The number of halogens is 2. The fraction of sp³-hybridized carbons (Fsp3) is 0.400. The summed E-state index contributed by atoms with van der Waals surface area (Å²) in [7, 11) is 0. The van der Waals surface area contributed by atoms with Crippen molar-refractivity contribution in [3.63, 3.8) is 0 Å². The van der Waals surface area contributed by atoms with Gasteiger partial charge in [-0.2, -0.15) is 0 Å². The molecule has 1 N–H and O–H groups in total. The molecule has 0 aliphatic carbocycles. The lowest BCUT2D eigenvalue weighted by molar-refractivity contribution is 0.158. The van der Waals surface area contributed by atoms with E-state index in [1.54, 1.807) is 0 Å². The molecule has 0 unspecified atom stereocenters. The van der Waals surface area contributed by atoms with E-state index < -0.39 is 11.6 Å². The topological polar surface area (TPSA) is 21.3 Å². The van der Waals surface area contributed by atoms with E-state index in [2.05, 4.69) is 5.32 Å². The van der Waals surface area contributed by atoms with Crippen LogP contribution in [0.2, 0.25) is 0 Å². The molecule has 0 spiro atoms. The van der Waals surface area contributed by atoms with Crippen molar-refractivity contribution in [2.45, 2.75) is 6.92 Å². The molecule has 0 heterocycles. The average Bonchev–Trinajstić information content (AvgIpc) is 2.18. The molecule has 0 fully saturated rings. The predicted octanol–water partition coefficient (Wildman–Crippen LogP) is 2.41. The zero-order valence-corrected chi connectivity index (χ0v) is 8.02. The Bertz CT molecular complexity index is 291. The molecule has 1 aromatic carbocycles. The molecule has 1 aromatic rings. The summed E-state index contributed by atoms with van der Waals surface area (Å²) in [6, 6.07) is 3.31.